The SMILES string of the molecule is CC/C=C\C/C=C\C/C=C\C/C=C\C/C=C\CCCCCCCCCCCC(=O)NC(COP(=O)(O)OCC[N+](C)(C)C)C(/C=C/CCCCCCCCCCCC)OC(=O)CCCCCCCCCCCCCCC/C=C\C/C=C\CCCCC. The Morgan fingerprint density at radius 3 is 1.14 bits per heavy atom. The fourth-order valence-electron chi connectivity index (χ4n) is 10.2. The van der Waals surface area contributed by atoms with E-state index in [2.05, 4.69) is 111 Å². The fraction of sp³-hybridized carbons (Fsp3) is 0.763. The molecule has 0 radical (unpaired) electrons. The minimum absolute atomic E-state index is 0.0358. The largest absolute Gasteiger partial charge is 0.472 e. The van der Waals surface area contributed by atoms with Gasteiger partial charge in [-0.2, -0.15) is 0 Å². The van der Waals surface area contributed by atoms with E-state index < -0.39 is 20.0 Å². The highest BCUT2D eigenvalue weighted by molar-refractivity contribution is 7.47. The monoisotopic (exact) mass is 1220 g/mol. The Morgan fingerprint density at radius 2 is 0.744 bits per heavy atom. The maximum atomic E-state index is 13.6. The Hall–Kier alpha value is -3.07. The molecule has 0 heterocycles. The lowest BCUT2D eigenvalue weighted by atomic mass is 10.0. The lowest BCUT2D eigenvalue weighted by molar-refractivity contribution is -0.870. The van der Waals surface area contributed by atoms with Crippen LogP contribution >= 0.6 is 7.82 Å². The zero-order valence-corrected chi connectivity index (χ0v) is 57.9. The van der Waals surface area contributed by atoms with Crippen LogP contribution in [0.4, 0.5) is 0 Å². The third-order valence-corrected chi connectivity index (χ3v) is 16.7. The van der Waals surface area contributed by atoms with Crippen molar-refractivity contribution in [1.82, 2.24) is 5.32 Å². The molecule has 0 saturated carbocycles. The molecule has 0 aliphatic carbocycles. The van der Waals surface area contributed by atoms with Crippen LogP contribution in [0.15, 0.2) is 97.2 Å². The number of carbonyl (C=O) groups is 2. The van der Waals surface area contributed by atoms with E-state index in [0.717, 1.165) is 109 Å². The highest BCUT2D eigenvalue weighted by Gasteiger charge is 2.30. The van der Waals surface area contributed by atoms with Gasteiger partial charge in [0.05, 0.1) is 33.8 Å². The van der Waals surface area contributed by atoms with Crippen molar-refractivity contribution in [2.45, 2.75) is 335 Å². The average Bonchev–Trinajstić information content (AvgIpc) is 3.69. The highest BCUT2D eigenvalue weighted by Crippen LogP contribution is 2.43. The lowest BCUT2D eigenvalue weighted by Gasteiger charge is -2.27. The second-order valence-electron chi connectivity index (χ2n) is 25.4. The van der Waals surface area contributed by atoms with Crippen LogP contribution in [0.3, 0.4) is 0 Å². The van der Waals surface area contributed by atoms with Gasteiger partial charge in [0.15, 0.2) is 0 Å². The summed E-state index contributed by atoms with van der Waals surface area (Å²) in [6, 6.07) is -0.858. The number of carbonyl (C=O) groups excluding carboxylic acids is 2. The molecule has 0 aromatic rings. The van der Waals surface area contributed by atoms with Crippen molar-refractivity contribution in [3.05, 3.63) is 97.2 Å². The molecule has 0 fully saturated rings. The average molecular weight is 1220 g/mol. The van der Waals surface area contributed by atoms with Gasteiger partial charge in [0.2, 0.25) is 5.91 Å². The number of quaternary nitrogens is 1. The van der Waals surface area contributed by atoms with Crippen LogP contribution in [0.5, 0.6) is 0 Å². The predicted molar refractivity (Wildman–Crippen MR) is 374 cm³/mol. The number of esters is 1. The molecule has 0 saturated heterocycles. The Bertz CT molecular complexity index is 1790. The van der Waals surface area contributed by atoms with Crippen LogP contribution in [-0.4, -0.2) is 74.3 Å². The van der Waals surface area contributed by atoms with Crippen LogP contribution in [0.2, 0.25) is 0 Å². The van der Waals surface area contributed by atoms with E-state index in [1.54, 1.807) is 0 Å². The molecule has 10 heteroatoms. The van der Waals surface area contributed by atoms with Gasteiger partial charge in [-0.3, -0.25) is 18.6 Å². The Morgan fingerprint density at radius 1 is 0.419 bits per heavy atom. The molecular weight excluding hydrogens is 1080 g/mol. The van der Waals surface area contributed by atoms with Gasteiger partial charge in [-0.1, -0.05) is 298 Å². The van der Waals surface area contributed by atoms with Crippen LogP contribution < -0.4 is 5.32 Å². The minimum Gasteiger partial charge on any atom is -0.456 e. The number of allylic oxidation sites excluding steroid dienone is 15. The first-order valence-corrected chi connectivity index (χ1v) is 37.6. The summed E-state index contributed by atoms with van der Waals surface area (Å²) in [5.74, 6) is -0.507. The molecule has 2 N–H and O–H groups in total. The molecular formula is C76H138N2O7P+. The summed E-state index contributed by atoms with van der Waals surface area (Å²) in [7, 11) is 1.49. The second kappa shape index (κ2) is 64.9. The van der Waals surface area contributed by atoms with Crippen molar-refractivity contribution in [3.8, 4) is 0 Å². The van der Waals surface area contributed by atoms with Crippen LogP contribution in [0.25, 0.3) is 0 Å². The number of amides is 1. The molecule has 0 aromatic carbocycles. The summed E-state index contributed by atoms with van der Waals surface area (Å²) >= 11 is 0. The number of nitrogens with zero attached hydrogens (tertiary/aromatic N) is 1. The highest BCUT2D eigenvalue weighted by atomic mass is 31.2. The van der Waals surface area contributed by atoms with Gasteiger partial charge >= 0.3 is 13.8 Å². The number of unbranched alkanes of at least 4 members (excludes halogenated alkanes) is 35. The van der Waals surface area contributed by atoms with Crippen molar-refractivity contribution in [2.75, 3.05) is 40.9 Å². The van der Waals surface area contributed by atoms with Gasteiger partial charge in [0.1, 0.15) is 19.3 Å². The normalized spacial score (nSPS) is 14.1. The molecule has 3 unspecified atom stereocenters. The number of phosphoric ester groups is 1. The Balaban J connectivity index is 5.07. The standard InChI is InChI=1S/C76H137N2O7P/c1-7-10-13-16-19-22-25-28-30-32-34-36-38-39-41-42-44-46-48-50-53-56-59-62-65-68-75(79)77-73(72-84-86(81,82)83-71-70-78(4,5)6)74(67-64-61-58-55-52-27-24-21-18-15-12-9-3)85-76(80)69-66-63-60-57-54-51-49-47-45-43-40-37-35-33-31-29-26-23-20-17-14-11-8-2/h10,13,19-20,22-23,28-31,34,36,39,41,64,67,73-74H,7-9,11-12,14-18,21,24-27,32-33,35,37-38,40,42-63,65-66,68-72H2,1-6H3,(H-,77,79,81,82)/p+1/b13-10-,22-19-,23-20-,30-28-,31-29-,36-34-,41-39-,67-64+. The summed E-state index contributed by atoms with van der Waals surface area (Å²) in [6.07, 6.45) is 88.4. The molecule has 9 nitrogen and oxygen atoms in total. The first-order valence-electron chi connectivity index (χ1n) is 36.1. The van der Waals surface area contributed by atoms with Gasteiger partial charge < -0.3 is 19.4 Å². The number of phosphoric acid groups is 1. The van der Waals surface area contributed by atoms with Gasteiger partial charge in [-0.15, -0.1) is 0 Å². The molecule has 0 rings (SSSR count). The van der Waals surface area contributed by atoms with Crippen molar-refractivity contribution < 1.29 is 37.3 Å². The van der Waals surface area contributed by atoms with Gasteiger partial charge in [-0.25, -0.2) is 4.57 Å². The van der Waals surface area contributed by atoms with E-state index in [0.29, 0.717) is 17.4 Å². The van der Waals surface area contributed by atoms with E-state index in [1.807, 2.05) is 33.3 Å². The zero-order valence-electron chi connectivity index (χ0n) is 57.0. The number of hydrogen-bond donors (Lipinski definition) is 2. The first-order chi connectivity index (χ1) is 41.9. The predicted octanol–water partition coefficient (Wildman–Crippen LogP) is 23.1. The molecule has 0 aromatic heterocycles. The van der Waals surface area contributed by atoms with Gasteiger partial charge in [0.25, 0.3) is 0 Å². The maximum absolute atomic E-state index is 13.6. The first kappa shape index (κ1) is 82.9. The van der Waals surface area contributed by atoms with Crippen LogP contribution in [-0.2, 0) is 27.9 Å². The summed E-state index contributed by atoms with van der Waals surface area (Å²) in [5, 5.41) is 3.07. The zero-order chi connectivity index (χ0) is 62.8. The number of nitrogens with one attached hydrogen (secondary N) is 1. The minimum atomic E-state index is -4.46. The topological polar surface area (TPSA) is 111 Å². The number of rotatable bonds is 65. The van der Waals surface area contributed by atoms with Gasteiger partial charge in [0, 0.05) is 12.8 Å². The van der Waals surface area contributed by atoms with E-state index in [9.17, 15) is 19.0 Å². The van der Waals surface area contributed by atoms with E-state index in [1.165, 1.54) is 180 Å². The van der Waals surface area contributed by atoms with Gasteiger partial charge in [-0.05, 0) is 109 Å². The molecule has 1 amide bonds. The molecule has 498 valence electrons. The van der Waals surface area contributed by atoms with Crippen molar-refractivity contribution in [3.63, 3.8) is 0 Å². The summed E-state index contributed by atoms with van der Waals surface area (Å²) in [5.41, 5.74) is 0. The van der Waals surface area contributed by atoms with E-state index >= 15 is 0 Å². The summed E-state index contributed by atoms with van der Waals surface area (Å²) in [6.45, 7) is 6.90. The number of likely N-dealkylation sites (N-methyl/N-ethyl adjacent to an activating group) is 1. The number of hydrogen-bond acceptors (Lipinski definition) is 6. The third-order valence-electron chi connectivity index (χ3n) is 15.8. The fourth-order valence-corrected chi connectivity index (χ4v) is 11.0. The maximum Gasteiger partial charge on any atom is 0.472 e. The second-order valence-corrected chi connectivity index (χ2v) is 26.8. The molecule has 0 aliphatic rings. The summed E-state index contributed by atoms with van der Waals surface area (Å²) in [4.78, 5) is 37.9. The Kier molecular flexibility index (Phi) is 62.6. The molecule has 86 heavy (non-hydrogen) atoms. The van der Waals surface area contributed by atoms with Crippen molar-refractivity contribution >= 4 is 19.7 Å². The smallest absolute Gasteiger partial charge is 0.456 e. The Labute approximate surface area is 532 Å². The van der Waals surface area contributed by atoms with Crippen LogP contribution in [0.1, 0.15) is 323 Å². The third kappa shape index (κ3) is 65.4. The molecule has 0 aliphatic heterocycles. The molecule has 3 atom stereocenters. The van der Waals surface area contributed by atoms with Crippen molar-refractivity contribution in [1.29, 1.82) is 0 Å². The van der Waals surface area contributed by atoms with Crippen LogP contribution in [0, 0.1) is 0 Å². The van der Waals surface area contributed by atoms with E-state index in [4.69, 9.17) is 13.8 Å². The molecule has 0 spiro atoms. The van der Waals surface area contributed by atoms with Crippen molar-refractivity contribution in [2.24, 2.45) is 0 Å². The lowest BCUT2D eigenvalue weighted by Crippen LogP contribution is -2.47. The summed E-state index contributed by atoms with van der Waals surface area (Å²) < 4.78 is 30.8. The van der Waals surface area contributed by atoms with E-state index in [-0.39, 0.29) is 31.5 Å². The quantitative estimate of drug-likeness (QED) is 0.0205. The molecule has 0 bridgehead atoms. The number of ether oxygens (including phenoxy) is 1.